The standard InChI is InChI=1S/C13H15F3N2O2S/c1-10(9-13(14,15)16)18-21(19,20)12-7-3-2-5-11(12)6-4-8-17/h2-3,5,7,10,18H,8-9,17H2,1H3. The molecular formula is C13H15F3N2O2S. The molecule has 0 amide bonds. The highest BCUT2D eigenvalue weighted by Gasteiger charge is 2.32. The molecule has 0 heterocycles. The molecule has 0 bridgehead atoms. The van der Waals surface area contributed by atoms with E-state index >= 15 is 0 Å². The first-order valence-electron chi connectivity index (χ1n) is 6.03. The van der Waals surface area contributed by atoms with E-state index in [-0.39, 0.29) is 17.0 Å². The van der Waals surface area contributed by atoms with Gasteiger partial charge in [-0.3, -0.25) is 0 Å². The van der Waals surface area contributed by atoms with E-state index in [1.807, 2.05) is 4.72 Å². The molecule has 0 aliphatic carbocycles. The minimum Gasteiger partial charge on any atom is -0.320 e. The molecule has 8 heteroatoms. The number of hydrogen-bond donors (Lipinski definition) is 2. The molecule has 0 aromatic heterocycles. The Balaban J connectivity index is 3.03. The number of rotatable bonds is 4. The Morgan fingerprint density at radius 1 is 1.33 bits per heavy atom. The number of nitrogens with two attached hydrogens (primary N) is 1. The maximum atomic E-state index is 12.3. The third-order valence-electron chi connectivity index (χ3n) is 2.40. The van der Waals surface area contributed by atoms with Crippen LogP contribution in [0.25, 0.3) is 0 Å². The first kappa shape index (κ1) is 17.5. The zero-order chi connectivity index (χ0) is 16.1. The Labute approximate surface area is 121 Å². The normalized spacial score (nSPS) is 13.4. The Hall–Kier alpha value is -1.56. The molecule has 1 aromatic carbocycles. The van der Waals surface area contributed by atoms with Gasteiger partial charge in [0.25, 0.3) is 0 Å². The maximum absolute atomic E-state index is 12.3. The summed E-state index contributed by atoms with van der Waals surface area (Å²) in [6, 6.07) is 4.52. The summed E-state index contributed by atoms with van der Waals surface area (Å²) in [4.78, 5) is -0.167. The van der Waals surface area contributed by atoms with E-state index in [4.69, 9.17) is 5.73 Å². The van der Waals surface area contributed by atoms with Gasteiger partial charge in [0, 0.05) is 11.6 Å². The van der Waals surface area contributed by atoms with Crippen molar-refractivity contribution in [1.82, 2.24) is 4.72 Å². The molecule has 3 N–H and O–H groups in total. The third-order valence-corrected chi connectivity index (χ3v) is 4.04. The van der Waals surface area contributed by atoms with Crippen LogP contribution < -0.4 is 10.5 Å². The van der Waals surface area contributed by atoms with E-state index < -0.39 is 28.7 Å². The summed E-state index contributed by atoms with van der Waals surface area (Å²) in [5.41, 5.74) is 5.41. The summed E-state index contributed by atoms with van der Waals surface area (Å²) in [7, 11) is -4.09. The topological polar surface area (TPSA) is 72.2 Å². The van der Waals surface area contributed by atoms with Gasteiger partial charge < -0.3 is 5.73 Å². The molecule has 0 aliphatic heterocycles. The predicted molar refractivity (Wildman–Crippen MR) is 72.8 cm³/mol. The lowest BCUT2D eigenvalue weighted by atomic mass is 10.2. The largest absolute Gasteiger partial charge is 0.390 e. The van der Waals surface area contributed by atoms with Crippen LogP contribution in [0.15, 0.2) is 29.2 Å². The number of alkyl halides is 3. The van der Waals surface area contributed by atoms with E-state index in [1.54, 1.807) is 6.07 Å². The molecule has 1 atom stereocenters. The molecule has 1 aromatic rings. The van der Waals surface area contributed by atoms with Gasteiger partial charge in [-0.05, 0) is 19.1 Å². The highest BCUT2D eigenvalue weighted by Crippen LogP contribution is 2.23. The van der Waals surface area contributed by atoms with E-state index in [2.05, 4.69) is 11.8 Å². The van der Waals surface area contributed by atoms with Crippen LogP contribution in [-0.2, 0) is 10.0 Å². The first-order chi connectivity index (χ1) is 9.65. The summed E-state index contributed by atoms with van der Waals surface area (Å²) in [6.07, 6.45) is -5.69. The van der Waals surface area contributed by atoms with Crippen LogP contribution >= 0.6 is 0 Å². The van der Waals surface area contributed by atoms with Gasteiger partial charge in [0.15, 0.2) is 0 Å². The van der Waals surface area contributed by atoms with Crippen molar-refractivity contribution >= 4 is 10.0 Å². The van der Waals surface area contributed by atoms with Gasteiger partial charge >= 0.3 is 6.18 Å². The number of halogens is 3. The van der Waals surface area contributed by atoms with Gasteiger partial charge in [-0.25, -0.2) is 13.1 Å². The SMILES string of the molecule is CC(CC(F)(F)F)NS(=O)(=O)c1ccccc1C#CCN. The second-order valence-electron chi connectivity index (χ2n) is 4.34. The molecular weight excluding hydrogens is 305 g/mol. The monoisotopic (exact) mass is 320 g/mol. The fourth-order valence-corrected chi connectivity index (χ4v) is 3.07. The summed E-state index contributed by atoms with van der Waals surface area (Å²) in [6.45, 7) is 1.20. The fraction of sp³-hybridized carbons (Fsp3) is 0.385. The number of sulfonamides is 1. The van der Waals surface area contributed by atoms with Crippen molar-refractivity contribution in [3.63, 3.8) is 0 Å². The smallest absolute Gasteiger partial charge is 0.320 e. The van der Waals surface area contributed by atoms with Crippen molar-refractivity contribution in [3.8, 4) is 11.8 Å². The van der Waals surface area contributed by atoms with Crippen molar-refractivity contribution in [2.75, 3.05) is 6.54 Å². The summed E-state index contributed by atoms with van der Waals surface area (Å²) < 4.78 is 63.0. The van der Waals surface area contributed by atoms with Crippen LogP contribution in [0.4, 0.5) is 13.2 Å². The Kier molecular flexibility index (Phi) is 5.78. The molecule has 1 rings (SSSR count). The molecule has 4 nitrogen and oxygen atoms in total. The molecule has 0 fully saturated rings. The van der Waals surface area contributed by atoms with E-state index in [0.29, 0.717) is 0 Å². The van der Waals surface area contributed by atoms with Crippen molar-refractivity contribution in [2.24, 2.45) is 5.73 Å². The maximum Gasteiger partial charge on any atom is 0.390 e. The Morgan fingerprint density at radius 2 is 1.95 bits per heavy atom. The van der Waals surface area contributed by atoms with Crippen LogP contribution in [-0.4, -0.2) is 27.2 Å². The van der Waals surface area contributed by atoms with Crippen LogP contribution in [0.5, 0.6) is 0 Å². The van der Waals surface area contributed by atoms with E-state index in [9.17, 15) is 21.6 Å². The summed E-state index contributed by atoms with van der Waals surface area (Å²) in [5.74, 6) is 5.10. The molecule has 0 saturated heterocycles. The van der Waals surface area contributed by atoms with Gasteiger partial charge in [-0.15, -0.1) is 0 Å². The highest BCUT2D eigenvalue weighted by atomic mass is 32.2. The van der Waals surface area contributed by atoms with Gasteiger partial charge in [-0.2, -0.15) is 13.2 Å². The van der Waals surface area contributed by atoms with Crippen molar-refractivity contribution in [3.05, 3.63) is 29.8 Å². The number of benzene rings is 1. The van der Waals surface area contributed by atoms with Gasteiger partial charge in [0.1, 0.15) is 0 Å². The minimum atomic E-state index is -4.44. The summed E-state index contributed by atoms with van der Waals surface area (Å²) in [5, 5.41) is 0. The lowest BCUT2D eigenvalue weighted by Crippen LogP contribution is -2.36. The van der Waals surface area contributed by atoms with Crippen molar-refractivity contribution in [1.29, 1.82) is 0 Å². The average Bonchev–Trinajstić information content (AvgIpc) is 2.33. The molecule has 21 heavy (non-hydrogen) atoms. The number of hydrogen-bond acceptors (Lipinski definition) is 3. The van der Waals surface area contributed by atoms with Crippen molar-refractivity contribution < 1.29 is 21.6 Å². The molecule has 1 unspecified atom stereocenters. The Bertz CT molecular complexity index is 645. The molecule has 0 spiro atoms. The van der Waals surface area contributed by atoms with Crippen molar-refractivity contribution in [2.45, 2.75) is 30.5 Å². The lowest BCUT2D eigenvalue weighted by molar-refractivity contribution is -0.137. The molecule has 0 aliphatic rings. The zero-order valence-electron chi connectivity index (χ0n) is 11.2. The second kappa shape index (κ2) is 6.93. The first-order valence-corrected chi connectivity index (χ1v) is 7.51. The lowest BCUT2D eigenvalue weighted by Gasteiger charge is -2.16. The van der Waals surface area contributed by atoms with Gasteiger partial charge in [-0.1, -0.05) is 24.0 Å². The van der Waals surface area contributed by atoms with Crippen LogP contribution in [0.3, 0.4) is 0 Å². The molecule has 0 saturated carbocycles. The third kappa shape index (κ3) is 5.75. The fourth-order valence-electron chi connectivity index (χ4n) is 1.67. The van der Waals surface area contributed by atoms with Crippen LogP contribution in [0.2, 0.25) is 0 Å². The Morgan fingerprint density at radius 3 is 2.52 bits per heavy atom. The average molecular weight is 320 g/mol. The van der Waals surface area contributed by atoms with Gasteiger partial charge in [0.05, 0.1) is 17.9 Å². The number of nitrogens with one attached hydrogen (secondary N) is 1. The highest BCUT2D eigenvalue weighted by molar-refractivity contribution is 7.89. The molecule has 0 radical (unpaired) electrons. The van der Waals surface area contributed by atoms with Gasteiger partial charge in [0.2, 0.25) is 10.0 Å². The molecule has 116 valence electrons. The summed E-state index contributed by atoms with van der Waals surface area (Å²) >= 11 is 0. The second-order valence-corrected chi connectivity index (χ2v) is 6.03. The quantitative estimate of drug-likeness (QED) is 0.828. The minimum absolute atomic E-state index is 0.0479. The van der Waals surface area contributed by atoms with E-state index in [0.717, 1.165) is 6.92 Å². The predicted octanol–water partition coefficient (Wildman–Crippen LogP) is 1.62. The van der Waals surface area contributed by atoms with E-state index in [1.165, 1.54) is 18.2 Å². The van der Waals surface area contributed by atoms with Crippen LogP contribution in [0, 0.1) is 11.8 Å². The van der Waals surface area contributed by atoms with Crippen LogP contribution in [0.1, 0.15) is 18.9 Å². The zero-order valence-corrected chi connectivity index (χ0v) is 12.1.